The van der Waals surface area contributed by atoms with Gasteiger partial charge in [-0.2, -0.15) is 0 Å². The van der Waals surface area contributed by atoms with Crippen molar-refractivity contribution in [1.29, 1.82) is 0 Å². The van der Waals surface area contributed by atoms with Gasteiger partial charge >= 0.3 is 12.1 Å². The topological polar surface area (TPSA) is 89.0 Å². The third-order valence-corrected chi connectivity index (χ3v) is 2.88. The minimum absolute atomic E-state index is 0.00465. The second kappa shape index (κ2) is 6.25. The summed E-state index contributed by atoms with van der Waals surface area (Å²) in [4.78, 5) is 27.1. The smallest absolute Gasteiger partial charge is 0.350 e. The van der Waals surface area contributed by atoms with Crippen LogP contribution in [0.2, 0.25) is 0 Å². The van der Waals surface area contributed by atoms with Gasteiger partial charge < -0.3 is 14.8 Å². The zero-order valence-electron chi connectivity index (χ0n) is 12.0. The maximum atomic E-state index is 11.8. The SMILES string of the molecule is COc1ccccc1NC(=O)N=C1NC(=O)[C@H](C(C)C)O1. The maximum Gasteiger partial charge on any atom is 0.350 e. The molecule has 0 aliphatic carbocycles. The van der Waals surface area contributed by atoms with E-state index in [0.29, 0.717) is 11.4 Å². The molecule has 7 nitrogen and oxygen atoms in total. The van der Waals surface area contributed by atoms with E-state index in [-0.39, 0.29) is 17.8 Å². The van der Waals surface area contributed by atoms with Gasteiger partial charge in [0, 0.05) is 0 Å². The highest BCUT2D eigenvalue weighted by molar-refractivity contribution is 6.07. The monoisotopic (exact) mass is 291 g/mol. The standard InChI is InChI=1S/C14H17N3O4/c1-8(2)11-12(18)16-14(21-11)17-13(19)15-9-6-4-5-7-10(9)20-3/h4-8,11H,1-3H3,(H2,15,16,17,18,19)/t11-/m0/s1. The molecule has 7 heteroatoms. The molecule has 112 valence electrons. The summed E-state index contributed by atoms with van der Waals surface area (Å²) in [6.45, 7) is 3.70. The van der Waals surface area contributed by atoms with Crippen LogP contribution in [-0.4, -0.2) is 31.2 Å². The van der Waals surface area contributed by atoms with Crippen molar-refractivity contribution >= 4 is 23.6 Å². The number of anilines is 1. The van der Waals surface area contributed by atoms with Crippen molar-refractivity contribution in [3.63, 3.8) is 0 Å². The van der Waals surface area contributed by atoms with E-state index in [0.717, 1.165) is 0 Å². The number of carbonyl (C=O) groups excluding carboxylic acids is 2. The van der Waals surface area contributed by atoms with Gasteiger partial charge in [-0.05, 0) is 18.1 Å². The van der Waals surface area contributed by atoms with Crippen molar-refractivity contribution in [2.45, 2.75) is 20.0 Å². The predicted molar refractivity (Wildman–Crippen MR) is 77.3 cm³/mol. The summed E-state index contributed by atoms with van der Waals surface area (Å²) in [5.41, 5.74) is 0.485. The third kappa shape index (κ3) is 3.50. The molecule has 1 heterocycles. The minimum Gasteiger partial charge on any atom is -0.495 e. The lowest BCUT2D eigenvalue weighted by molar-refractivity contribution is -0.124. The van der Waals surface area contributed by atoms with Crippen LogP contribution in [-0.2, 0) is 9.53 Å². The normalized spacial score (nSPS) is 19.3. The Morgan fingerprint density at radius 1 is 1.43 bits per heavy atom. The summed E-state index contributed by atoms with van der Waals surface area (Å²) in [6.07, 6.45) is -0.622. The number of rotatable bonds is 3. The van der Waals surface area contributed by atoms with Crippen molar-refractivity contribution < 1.29 is 19.1 Å². The summed E-state index contributed by atoms with van der Waals surface area (Å²) >= 11 is 0. The summed E-state index contributed by atoms with van der Waals surface area (Å²) in [7, 11) is 1.50. The molecule has 0 unspecified atom stereocenters. The highest BCUT2D eigenvalue weighted by atomic mass is 16.5. The lowest BCUT2D eigenvalue weighted by Gasteiger charge is -2.10. The number of carbonyl (C=O) groups is 2. The van der Waals surface area contributed by atoms with E-state index in [1.54, 1.807) is 24.3 Å². The Morgan fingerprint density at radius 2 is 2.14 bits per heavy atom. The van der Waals surface area contributed by atoms with Crippen molar-refractivity contribution in [2.75, 3.05) is 12.4 Å². The Hall–Kier alpha value is -2.57. The Balaban J connectivity index is 2.05. The van der Waals surface area contributed by atoms with Gasteiger partial charge in [-0.1, -0.05) is 26.0 Å². The van der Waals surface area contributed by atoms with Gasteiger partial charge in [0.1, 0.15) is 5.75 Å². The van der Waals surface area contributed by atoms with E-state index >= 15 is 0 Å². The van der Waals surface area contributed by atoms with Crippen LogP contribution in [0.3, 0.4) is 0 Å². The van der Waals surface area contributed by atoms with E-state index in [9.17, 15) is 9.59 Å². The molecule has 0 saturated carbocycles. The fourth-order valence-electron chi connectivity index (χ4n) is 1.86. The molecule has 0 spiro atoms. The molecule has 21 heavy (non-hydrogen) atoms. The van der Waals surface area contributed by atoms with Crippen molar-refractivity contribution in [3.05, 3.63) is 24.3 Å². The van der Waals surface area contributed by atoms with Crippen LogP contribution in [0.4, 0.5) is 10.5 Å². The summed E-state index contributed by atoms with van der Waals surface area (Å²) < 4.78 is 10.4. The number of nitrogens with one attached hydrogen (secondary N) is 2. The Labute approximate surface area is 122 Å². The minimum atomic E-state index is -0.654. The molecule has 1 atom stereocenters. The molecular formula is C14H17N3O4. The van der Waals surface area contributed by atoms with E-state index in [1.807, 2.05) is 13.8 Å². The van der Waals surface area contributed by atoms with Crippen LogP contribution in [0.1, 0.15) is 13.8 Å². The van der Waals surface area contributed by atoms with Crippen LogP contribution in [0.15, 0.2) is 29.3 Å². The van der Waals surface area contributed by atoms with Gasteiger partial charge in [-0.25, -0.2) is 4.79 Å². The maximum absolute atomic E-state index is 11.8. The zero-order chi connectivity index (χ0) is 15.4. The van der Waals surface area contributed by atoms with Crippen LogP contribution in [0.5, 0.6) is 5.75 Å². The molecule has 0 bridgehead atoms. The molecule has 0 aromatic heterocycles. The number of amides is 3. The predicted octanol–water partition coefficient (Wildman–Crippen LogP) is 1.75. The van der Waals surface area contributed by atoms with E-state index < -0.39 is 12.1 Å². The average Bonchev–Trinajstić information content (AvgIpc) is 2.80. The number of ether oxygens (including phenoxy) is 2. The second-order valence-corrected chi connectivity index (χ2v) is 4.82. The second-order valence-electron chi connectivity index (χ2n) is 4.82. The number of para-hydroxylation sites is 2. The Morgan fingerprint density at radius 3 is 2.76 bits per heavy atom. The average molecular weight is 291 g/mol. The van der Waals surface area contributed by atoms with Crippen molar-refractivity contribution in [3.8, 4) is 5.75 Å². The van der Waals surface area contributed by atoms with Gasteiger partial charge in [0.05, 0.1) is 12.8 Å². The first-order chi connectivity index (χ1) is 10.0. The molecule has 2 N–H and O–H groups in total. The van der Waals surface area contributed by atoms with E-state index in [2.05, 4.69) is 15.6 Å². The van der Waals surface area contributed by atoms with Gasteiger partial charge in [0.15, 0.2) is 6.10 Å². The molecule has 2 rings (SSSR count). The number of hydrogen-bond donors (Lipinski definition) is 2. The number of nitrogens with zero attached hydrogens (tertiary/aromatic N) is 1. The lowest BCUT2D eigenvalue weighted by atomic mass is 10.1. The molecule has 1 aliphatic heterocycles. The number of methoxy groups -OCH3 is 1. The fourth-order valence-corrected chi connectivity index (χ4v) is 1.86. The molecule has 1 aromatic rings. The first-order valence-corrected chi connectivity index (χ1v) is 6.51. The first kappa shape index (κ1) is 14.8. The summed E-state index contributed by atoms with van der Waals surface area (Å²) in [6, 6.07) is 6.19. The van der Waals surface area contributed by atoms with Crippen LogP contribution in [0.25, 0.3) is 0 Å². The number of benzene rings is 1. The molecular weight excluding hydrogens is 274 g/mol. The van der Waals surface area contributed by atoms with Gasteiger partial charge in [-0.3, -0.25) is 10.1 Å². The highest BCUT2D eigenvalue weighted by Crippen LogP contribution is 2.23. The molecule has 1 aliphatic rings. The van der Waals surface area contributed by atoms with E-state index in [4.69, 9.17) is 9.47 Å². The van der Waals surface area contributed by atoms with Crippen molar-refractivity contribution in [1.82, 2.24) is 5.32 Å². The fraction of sp³-hybridized carbons (Fsp3) is 0.357. The molecule has 3 amide bonds. The highest BCUT2D eigenvalue weighted by Gasteiger charge is 2.33. The Bertz CT molecular complexity index is 583. The van der Waals surface area contributed by atoms with Crippen LogP contribution in [0, 0.1) is 5.92 Å². The molecule has 1 aromatic carbocycles. The van der Waals surface area contributed by atoms with Crippen LogP contribution >= 0.6 is 0 Å². The number of amidine groups is 1. The van der Waals surface area contributed by atoms with Gasteiger partial charge in [-0.15, -0.1) is 4.99 Å². The number of urea groups is 1. The zero-order valence-corrected chi connectivity index (χ0v) is 12.0. The molecule has 1 fully saturated rings. The van der Waals surface area contributed by atoms with Gasteiger partial charge in [0.2, 0.25) is 0 Å². The summed E-state index contributed by atoms with van der Waals surface area (Å²) in [5.74, 6) is 0.214. The third-order valence-electron chi connectivity index (χ3n) is 2.88. The van der Waals surface area contributed by atoms with Gasteiger partial charge in [0.25, 0.3) is 5.91 Å². The quantitative estimate of drug-likeness (QED) is 0.888. The first-order valence-electron chi connectivity index (χ1n) is 6.51. The largest absolute Gasteiger partial charge is 0.495 e. The number of hydrogen-bond acceptors (Lipinski definition) is 4. The molecule has 1 saturated heterocycles. The van der Waals surface area contributed by atoms with E-state index in [1.165, 1.54) is 7.11 Å². The number of aliphatic imine (C=N–C) groups is 1. The summed E-state index contributed by atoms with van der Waals surface area (Å²) in [5, 5.41) is 4.99. The lowest BCUT2D eigenvalue weighted by Crippen LogP contribution is -2.28. The Kier molecular flexibility index (Phi) is 4.42. The van der Waals surface area contributed by atoms with Crippen LogP contribution < -0.4 is 15.4 Å². The molecule has 0 radical (unpaired) electrons. The van der Waals surface area contributed by atoms with Crippen molar-refractivity contribution in [2.24, 2.45) is 10.9 Å².